The van der Waals surface area contributed by atoms with Crippen LogP contribution in [0.5, 0.6) is 0 Å². The van der Waals surface area contributed by atoms with Gasteiger partial charge in [-0.25, -0.2) is 53.6 Å². The predicted molar refractivity (Wildman–Crippen MR) is 512 cm³/mol. The number of oxazole rings is 1. The molecule has 0 spiro atoms. The normalized spacial score (nSPS) is 17.9. The summed E-state index contributed by atoms with van der Waals surface area (Å²) in [7, 11) is 0. The van der Waals surface area contributed by atoms with E-state index in [-0.39, 0.29) is 65.3 Å². The fourth-order valence-electron chi connectivity index (χ4n) is 17.9. The van der Waals surface area contributed by atoms with Gasteiger partial charge in [-0.3, -0.25) is 28.0 Å². The summed E-state index contributed by atoms with van der Waals surface area (Å²) in [5.74, 6) is 2.50. The van der Waals surface area contributed by atoms with Gasteiger partial charge >= 0.3 is 12.0 Å². The first-order valence-electron chi connectivity index (χ1n) is 45.4. The average Bonchev–Trinajstić information content (AvgIpc) is 1.61. The number of anilines is 4. The first-order chi connectivity index (χ1) is 65.4. The van der Waals surface area contributed by atoms with Gasteiger partial charge in [-0.05, 0) is 186 Å². The summed E-state index contributed by atoms with van der Waals surface area (Å²) in [5, 5.41) is 25.7. The number of aryl methyl sites for hydroxylation is 5. The van der Waals surface area contributed by atoms with Gasteiger partial charge in [-0.1, -0.05) is 124 Å². The van der Waals surface area contributed by atoms with Gasteiger partial charge < -0.3 is 45.3 Å². The lowest BCUT2D eigenvalue weighted by atomic mass is 9.90. The van der Waals surface area contributed by atoms with Crippen LogP contribution < -0.4 is 21.3 Å². The fraction of sp³-hybridized carbons (Fsp3) is 0.347. The van der Waals surface area contributed by atoms with E-state index in [1.807, 2.05) is 162 Å². The highest BCUT2D eigenvalue weighted by atomic mass is 32.1. The lowest BCUT2D eigenvalue weighted by molar-refractivity contribution is -0.137. The second-order valence-corrected chi connectivity index (χ2v) is 37.5. The van der Waals surface area contributed by atoms with Gasteiger partial charge in [0.1, 0.15) is 73.7 Å². The largest absolute Gasteiger partial charge is 0.432 e. The highest BCUT2D eigenvalue weighted by Gasteiger charge is 2.41. The molecule has 4 aromatic carbocycles. The van der Waals surface area contributed by atoms with E-state index in [2.05, 4.69) is 104 Å². The molecule has 4 saturated heterocycles. The number of rotatable bonds is 22. The molecule has 135 heavy (non-hydrogen) atoms. The molecule has 4 amide bonds. The number of benzene rings is 4. The smallest absolute Gasteiger partial charge is 0.417 e. The molecule has 20 rings (SSSR count). The van der Waals surface area contributed by atoms with Crippen molar-refractivity contribution in [1.29, 1.82) is 0 Å². The monoisotopic (exact) mass is 1890 g/mol. The molecular weight excluding hydrogens is 1780 g/mol. The Kier molecular flexibility index (Phi) is 28.5. The van der Waals surface area contributed by atoms with Crippen LogP contribution in [-0.2, 0) is 19.0 Å². The zero-order valence-electron chi connectivity index (χ0n) is 75.8. The van der Waals surface area contributed by atoms with E-state index < -0.39 is 11.7 Å². The summed E-state index contributed by atoms with van der Waals surface area (Å²) in [4.78, 5) is 110. The number of aromatic nitrogens is 16. The lowest BCUT2D eigenvalue weighted by Crippen LogP contribution is -2.51. The van der Waals surface area contributed by atoms with E-state index in [9.17, 15) is 41.1 Å². The number of alkyl halides is 3. The number of pyridine rings is 2. The number of hydrogen-bond acceptors (Lipinski definition) is 24. The first kappa shape index (κ1) is 93.0. The first-order valence-corrected chi connectivity index (χ1v) is 48.0. The standard InChI is InChI=1S/C25H24F4N6OS.C25H28N6OS.C25H27N5O2.C23H24FN7OS/c1-14-4-3-11-34(19(14)13-31-20-10-7-17(12-30-20)25(27,28)29)23(36)22-21(16-5-8-18(26)9-6-16)32-24-35(22)33-15(2)37-24;1-3-18-14-26-24(27-15-18)28-16-20-17(2)8-7-11-30(20)23(32)22-21(19-9-5-4-6-10-19)29-25-31(22)12-13-33-25;1-17-10-11-21(26-15-17)27-16-20-18(2)7-6-12-29(20)24(31)23-22(19-8-4-3-5-9-19)28-25-30(23)13-14-32-25;1-3-15-11-25-22(26-12-15)27-13-18-5-4-10-30(18)21(32)20-19(16-6-8-17(24)9-7-16)28-23-31(20)29-14(2)33-23/h5-10,12,14,19H,3-4,11,13H2,1-2H3,(H,30,31);4-6,9-10,12-15,17,20H,3,7-8,11,16H2,1-2H3,(H,26,27,28);3-5,8-11,13-15,18,20H,6-7,12,16H2,1-2H3,(H,26,27);6-9,11-12,18H,3-5,10,13H2,1-2H3,(H,25,26,27)/t14-,19-;17-,20-;18-,20-;18-/m1110/s1. The van der Waals surface area contributed by atoms with Crippen molar-refractivity contribution in [2.24, 2.45) is 17.8 Å². The second-order valence-electron chi connectivity index (χ2n) is 34.3. The van der Waals surface area contributed by atoms with Crippen molar-refractivity contribution in [3.05, 3.63) is 261 Å². The summed E-state index contributed by atoms with van der Waals surface area (Å²) in [6.45, 7) is 21.1. The molecule has 29 nitrogen and oxygen atoms in total. The average molecular weight is 1890 g/mol. The van der Waals surface area contributed by atoms with Crippen molar-refractivity contribution in [3.63, 3.8) is 0 Å². The van der Waals surface area contributed by atoms with Crippen molar-refractivity contribution < 1.29 is 45.5 Å². The van der Waals surface area contributed by atoms with Gasteiger partial charge in [0, 0.05) is 136 Å². The highest BCUT2D eigenvalue weighted by molar-refractivity contribution is 7.17. The van der Waals surface area contributed by atoms with Crippen LogP contribution in [0, 0.1) is 50.2 Å². The zero-order chi connectivity index (χ0) is 94.1. The summed E-state index contributed by atoms with van der Waals surface area (Å²) in [6.07, 6.45) is 20.3. The number of carbonyl (C=O) groups excluding carboxylic acids is 4. The van der Waals surface area contributed by atoms with Crippen LogP contribution in [0.2, 0.25) is 0 Å². The number of amides is 4. The van der Waals surface area contributed by atoms with E-state index in [1.54, 1.807) is 66.4 Å². The maximum absolute atomic E-state index is 14.1. The minimum absolute atomic E-state index is 0.00157. The summed E-state index contributed by atoms with van der Waals surface area (Å²) < 4.78 is 78.1. The molecule has 0 aliphatic carbocycles. The summed E-state index contributed by atoms with van der Waals surface area (Å²) in [6, 6.07) is 37.8. The van der Waals surface area contributed by atoms with Gasteiger partial charge in [0.15, 0.2) is 16.3 Å². The highest BCUT2D eigenvalue weighted by Crippen LogP contribution is 2.39. The molecule has 4 aliphatic rings. The molecule has 12 aromatic heterocycles. The molecule has 0 radical (unpaired) electrons. The van der Waals surface area contributed by atoms with Gasteiger partial charge in [0.25, 0.3) is 23.6 Å². The Bertz CT molecular complexity index is 6770. The van der Waals surface area contributed by atoms with Crippen LogP contribution in [0.3, 0.4) is 0 Å². The van der Waals surface area contributed by atoms with Crippen molar-refractivity contribution >= 4 is 102 Å². The Hall–Kier alpha value is -13.8. The number of hydrogen-bond donors (Lipinski definition) is 4. The molecule has 0 bridgehead atoms. The molecular formula is C98H103F5N24O5S3. The summed E-state index contributed by atoms with van der Waals surface area (Å²) in [5.41, 5.74) is 9.90. The van der Waals surface area contributed by atoms with E-state index >= 15 is 0 Å². The number of thiazole rings is 1. The molecule has 7 atom stereocenters. The molecule has 37 heteroatoms. The predicted octanol–water partition coefficient (Wildman–Crippen LogP) is 19.1. The number of imidazole rings is 4. The maximum Gasteiger partial charge on any atom is 0.417 e. The Balaban J connectivity index is 0.000000125. The van der Waals surface area contributed by atoms with Crippen LogP contribution in [0.25, 0.3) is 65.8 Å². The molecule has 0 saturated carbocycles. The van der Waals surface area contributed by atoms with Crippen LogP contribution in [0.4, 0.5) is 45.5 Å². The zero-order valence-corrected chi connectivity index (χ0v) is 78.3. The van der Waals surface area contributed by atoms with Crippen LogP contribution >= 0.6 is 34.0 Å². The maximum atomic E-state index is 14.1. The van der Waals surface area contributed by atoms with E-state index in [4.69, 9.17) is 9.40 Å². The third-order valence-corrected chi connectivity index (χ3v) is 27.6. The SMILES string of the molecule is CCc1cnc(NC[C@@H]2CCCN2C(=O)c2c(-c3ccc(F)cc3)nc3sc(C)nn23)nc1.CCc1cnc(NC[C@@H]2[C@H](C)CCCN2C(=O)c2c(-c3ccccc3)nc3sccn23)nc1.Cc1ccc(NC[C@@H]2[C@H](C)CCCN2C(=O)c2c(-c3ccccc3)nc3occn23)nc1.Cc1nn2c(C(=O)N3CCC[C@@H](C)[C@H]3CNc3ccc(C(F)(F)F)cn3)c(-c3ccc(F)cc3)nc2s1. The number of carbonyl (C=O) groups is 4. The third kappa shape index (κ3) is 20.8. The number of piperidine rings is 3. The van der Waals surface area contributed by atoms with Crippen molar-refractivity contribution in [1.82, 2.24) is 97.5 Å². The van der Waals surface area contributed by atoms with Crippen LogP contribution in [0.1, 0.15) is 160 Å². The molecule has 0 unspecified atom stereocenters. The van der Waals surface area contributed by atoms with Crippen LogP contribution in [-0.4, -0.2) is 198 Å². The molecule has 16 heterocycles. The van der Waals surface area contributed by atoms with Crippen molar-refractivity contribution in [2.75, 3.05) is 73.6 Å². The van der Waals surface area contributed by atoms with E-state index in [0.717, 1.165) is 144 Å². The lowest BCUT2D eigenvalue weighted by Gasteiger charge is -2.40. The molecule has 4 fully saturated rings. The molecule has 4 N–H and O–H groups in total. The minimum atomic E-state index is -4.46. The number of fused-ring (bicyclic) bond motifs is 4. The van der Waals surface area contributed by atoms with Gasteiger partial charge in [-0.15, -0.1) is 11.3 Å². The van der Waals surface area contributed by atoms with Gasteiger partial charge in [-0.2, -0.15) is 37.4 Å². The third-order valence-electron chi connectivity index (χ3n) is 25.2. The number of likely N-dealkylation sites (tertiary alicyclic amines) is 4. The Morgan fingerprint density at radius 2 is 0.852 bits per heavy atom. The van der Waals surface area contributed by atoms with E-state index in [1.165, 1.54) is 53.0 Å². The molecule has 16 aromatic rings. The Morgan fingerprint density at radius 1 is 0.437 bits per heavy atom. The molecule has 698 valence electrons. The van der Waals surface area contributed by atoms with E-state index in [0.29, 0.717) is 136 Å². The second kappa shape index (κ2) is 41.4. The van der Waals surface area contributed by atoms with Crippen LogP contribution in [0.15, 0.2) is 199 Å². The topological polar surface area (TPSA) is 315 Å². The van der Waals surface area contributed by atoms with Crippen molar-refractivity contribution in [3.8, 4) is 45.0 Å². The quantitative estimate of drug-likeness (QED) is 0.0458. The Labute approximate surface area is 787 Å². The number of nitrogens with zero attached hydrogens (tertiary/aromatic N) is 20. The molecule has 4 aliphatic heterocycles. The fourth-order valence-corrected chi connectivity index (χ4v) is 20.1. The van der Waals surface area contributed by atoms with Gasteiger partial charge in [0.2, 0.25) is 21.8 Å². The number of nitrogens with one attached hydrogen (secondary N) is 4. The Morgan fingerprint density at radius 3 is 1.32 bits per heavy atom. The number of halogens is 5. The van der Waals surface area contributed by atoms with Crippen molar-refractivity contribution in [2.45, 2.75) is 150 Å². The van der Waals surface area contributed by atoms with Gasteiger partial charge in [0.05, 0.1) is 23.7 Å². The summed E-state index contributed by atoms with van der Waals surface area (Å²) >= 11 is 4.32. The minimum Gasteiger partial charge on any atom is -0.432 e.